The monoisotopic (exact) mass is 362 g/mol. The number of hydrogen-bond donors (Lipinski definition) is 2. The van der Waals surface area contributed by atoms with E-state index in [1.807, 2.05) is 31.3 Å². The van der Waals surface area contributed by atoms with Gasteiger partial charge in [0, 0.05) is 18.2 Å². The van der Waals surface area contributed by atoms with Crippen molar-refractivity contribution >= 4 is 17.3 Å². The predicted molar refractivity (Wildman–Crippen MR) is 98.6 cm³/mol. The summed E-state index contributed by atoms with van der Waals surface area (Å²) in [5.41, 5.74) is 2.07. The van der Waals surface area contributed by atoms with Gasteiger partial charge in [0.05, 0.1) is 26.2 Å². The Kier molecular flexibility index (Phi) is 5.60. The molecule has 1 saturated heterocycles. The van der Waals surface area contributed by atoms with Gasteiger partial charge in [-0.2, -0.15) is 0 Å². The van der Waals surface area contributed by atoms with Crippen molar-refractivity contribution in [2.45, 2.75) is 6.04 Å². The van der Waals surface area contributed by atoms with Gasteiger partial charge < -0.3 is 15.1 Å². The normalized spacial score (nSPS) is 15.4. The molecular formula is C19H22F2N3S+. The van der Waals surface area contributed by atoms with Crippen LogP contribution >= 0.6 is 12.2 Å². The minimum absolute atomic E-state index is 0.0477. The molecule has 0 amide bonds. The van der Waals surface area contributed by atoms with E-state index < -0.39 is 0 Å². The van der Waals surface area contributed by atoms with Crippen molar-refractivity contribution in [3.05, 3.63) is 71.3 Å². The number of benzene rings is 2. The van der Waals surface area contributed by atoms with E-state index >= 15 is 0 Å². The van der Waals surface area contributed by atoms with Crippen molar-refractivity contribution in [2.75, 3.05) is 33.2 Å². The first-order valence-electron chi connectivity index (χ1n) is 8.40. The second-order valence-corrected chi connectivity index (χ2v) is 6.62. The number of thiocarbonyl (C=S) groups is 1. The van der Waals surface area contributed by atoms with Crippen molar-refractivity contribution in [3.8, 4) is 0 Å². The molecule has 0 radical (unpaired) electrons. The van der Waals surface area contributed by atoms with E-state index in [0.717, 1.165) is 42.4 Å². The van der Waals surface area contributed by atoms with Gasteiger partial charge in [-0.1, -0.05) is 0 Å². The maximum absolute atomic E-state index is 13.3. The SMILES string of the molecule is CNC(=S)N1CC[NH+](C(c2ccc(F)cc2)c2ccc(F)cc2)CC1. The Morgan fingerprint density at radius 3 is 1.80 bits per heavy atom. The first kappa shape index (κ1) is 17.8. The van der Waals surface area contributed by atoms with Gasteiger partial charge in [-0.25, -0.2) is 8.78 Å². The summed E-state index contributed by atoms with van der Waals surface area (Å²) in [7, 11) is 1.83. The number of hydrogen-bond acceptors (Lipinski definition) is 1. The fraction of sp³-hybridized carbons (Fsp3) is 0.316. The Hall–Kier alpha value is -2.05. The molecule has 1 aliphatic heterocycles. The molecule has 6 heteroatoms. The highest BCUT2D eigenvalue weighted by Gasteiger charge is 2.30. The lowest BCUT2D eigenvalue weighted by Gasteiger charge is -2.37. The minimum atomic E-state index is -0.249. The maximum Gasteiger partial charge on any atom is 0.169 e. The van der Waals surface area contributed by atoms with Gasteiger partial charge >= 0.3 is 0 Å². The maximum atomic E-state index is 13.3. The van der Waals surface area contributed by atoms with E-state index in [1.54, 1.807) is 0 Å². The van der Waals surface area contributed by atoms with Crippen LogP contribution in [0.1, 0.15) is 17.2 Å². The quantitative estimate of drug-likeness (QED) is 0.812. The number of halogens is 2. The largest absolute Gasteiger partial charge is 0.366 e. The van der Waals surface area contributed by atoms with Crippen LogP contribution in [0.5, 0.6) is 0 Å². The summed E-state index contributed by atoms with van der Waals surface area (Å²) in [6.07, 6.45) is 0. The van der Waals surface area contributed by atoms with Gasteiger partial charge in [-0.15, -0.1) is 0 Å². The molecule has 0 atom stereocenters. The van der Waals surface area contributed by atoms with Crippen LogP contribution in [0.4, 0.5) is 8.78 Å². The highest BCUT2D eigenvalue weighted by Crippen LogP contribution is 2.20. The van der Waals surface area contributed by atoms with Crippen LogP contribution in [0.3, 0.4) is 0 Å². The van der Waals surface area contributed by atoms with Crippen molar-refractivity contribution in [2.24, 2.45) is 0 Å². The summed E-state index contributed by atoms with van der Waals surface area (Å²) < 4.78 is 26.7. The lowest BCUT2D eigenvalue weighted by molar-refractivity contribution is -0.929. The number of rotatable bonds is 3. The number of nitrogens with zero attached hydrogens (tertiary/aromatic N) is 1. The molecule has 0 spiro atoms. The zero-order valence-corrected chi connectivity index (χ0v) is 15.0. The van der Waals surface area contributed by atoms with Gasteiger partial charge in [0.25, 0.3) is 0 Å². The molecule has 1 fully saturated rings. The standard InChI is InChI=1S/C19H21F2N3S/c1-22-19(25)24-12-10-23(11-13-24)18(14-2-6-16(20)7-3-14)15-4-8-17(21)9-5-15/h2-9,18H,10-13H2,1H3,(H,22,25)/p+1. The summed E-state index contributed by atoms with van der Waals surface area (Å²) in [5.74, 6) is -0.499. The van der Waals surface area contributed by atoms with Crippen LogP contribution in [0, 0.1) is 11.6 Å². The Bertz CT molecular complexity index is 665. The van der Waals surface area contributed by atoms with Crippen molar-refractivity contribution < 1.29 is 13.7 Å². The molecular weight excluding hydrogens is 340 g/mol. The Morgan fingerprint density at radius 1 is 0.960 bits per heavy atom. The van der Waals surface area contributed by atoms with E-state index in [0.29, 0.717) is 0 Å². The molecule has 3 nitrogen and oxygen atoms in total. The molecule has 1 heterocycles. The summed E-state index contributed by atoms with van der Waals surface area (Å²) >= 11 is 5.32. The first-order valence-corrected chi connectivity index (χ1v) is 8.81. The third-order valence-corrected chi connectivity index (χ3v) is 5.18. The van der Waals surface area contributed by atoms with Crippen LogP contribution in [0.15, 0.2) is 48.5 Å². The molecule has 2 aromatic rings. The zero-order valence-electron chi connectivity index (χ0n) is 14.1. The van der Waals surface area contributed by atoms with Gasteiger partial charge in [-0.05, 0) is 60.7 Å². The molecule has 3 rings (SSSR count). The molecule has 25 heavy (non-hydrogen) atoms. The summed E-state index contributed by atoms with van der Waals surface area (Å²) in [5, 5.41) is 3.78. The van der Waals surface area contributed by atoms with Crippen molar-refractivity contribution in [1.29, 1.82) is 0 Å². The van der Waals surface area contributed by atoms with Crippen LogP contribution in [0.25, 0.3) is 0 Å². The fourth-order valence-electron chi connectivity index (χ4n) is 3.42. The van der Waals surface area contributed by atoms with E-state index in [-0.39, 0.29) is 17.7 Å². The van der Waals surface area contributed by atoms with Gasteiger partial charge in [0.15, 0.2) is 5.11 Å². The molecule has 0 aromatic heterocycles. The first-order chi connectivity index (χ1) is 12.1. The van der Waals surface area contributed by atoms with Crippen molar-refractivity contribution in [3.63, 3.8) is 0 Å². The van der Waals surface area contributed by atoms with Gasteiger partial charge in [0.2, 0.25) is 0 Å². The van der Waals surface area contributed by atoms with E-state index in [9.17, 15) is 8.78 Å². The minimum Gasteiger partial charge on any atom is -0.366 e. The highest BCUT2D eigenvalue weighted by molar-refractivity contribution is 7.80. The second kappa shape index (κ2) is 7.89. The fourth-order valence-corrected chi connectivity index (χ4v) is 3.60. The number of piperazine rings is 1. The molecule has 0 saturated carbocycles. The Labute approximate surface area is 152 Å². The Balaban J connectivity index is 1.86. The number of nitrogens with one attached hydrogen (secondary N) is 2. The summed E-state index contributed by atoms with van der Waals surface area (Å²) in [6.45, 7) is 3.52. The average molecular weight is 362 g/mol. The molecule has 132 valence electrons. The molecule has 2 aromatic carbocycles. The third-order valence-electron chi connectivity index (χ3n) is 4.72. The number of quaternary nitrogens is 1. The van der Waals surface area contributed by atoms with Gasteiger partial charge in [-0.3, -0.25) is 0 Å². The second-order valence-electron chi connectivity index (χ2n) is 6.24. The smallest absolute Gasteiger partial charge is 0.169 e. The van der Waals surface area contributed by atoms with E-state index in [2.05, 4.69) is 10.2 Å². The Morgan fingerprint density at radius 2 is 1.40 bits per heavy atom. The molecule has 0 unspecified atom stereocenters. The van der Waals surface area contributed by atoms with Gasteiger partial charge in [0.1, 0.15) is 17.7 Å². The van der Waals surface area contributed by atoms with Crippen LogP contribution in [-0.4, -0.2) is 43.2 Å². The van der Waals surface area contributed by atoms with Crippen LogP contribution in [0.2, 0.25) is 0 Å². The van der Waals surface area contributed by atoms with E-state index in [4.69, 9.17) is 12.2 Å². The lowest BCUT2D eigenvalue weighted by Crippen LogP contribution is -3.15. The third kappa shape index (κ3) is 4.14. The molecule has 0 aliphatic carbocycles. The topological polar surface area (TPSA) is 19.7 Å². The van der Waals surface area contributed by atoms with Crippen LogP contribution < -0.4 is 10.2 Å². The summed E-state index contributed by atoms with van der Waals surface area (Å²) in [4.78, 5) is 3.53. The molecule has 1 aliphatic rings. The summed E-state index contributed by atoms with van der Waals surface area (Å²) in [6, 6.07) is 13.3. The molecule has 2 N–H and O–H groups in total. The van der Waals surface area contributed by atoms with Crippen LogP contribution in [-0.2, 0) is 0 Å². The molecule has 0 bridgehead atoms. The van der Waals surface area contributed by atoms with E-state index in [1.165, 1.54) is 29.2 Å². The zero-order chi connectivity index (χ0) is 17.8. The average Bonchev–Trinajstić information content (AvgIpc) is 2.65. The van der Waals surface area contributed by atoms with Crippen molar-refractivity contribution in [1.82, 2.24) is 10.2 Å². The predicted octanol–water partition coefficient (Wildman–Crippen LogP) is 1.76. The lowest BCUT2D eigenvalue weighted by atomic mass is 9.96. The highest BCUT2D eigenvalue weighted by atomic mass is 32.1.